The number of carbonyl (C=O) groups excluding carboxylic acids is 1. The van der Waals surface area contributed by atoms with E-state index in [1.807, 2.05) is 19.1 Å². The van der Waals surface area contributed by atoms with Gasteiger partial charge in [0.2, 0.25) is 0 Å². The van der Waals surface area contributed by atoms with Gasteiger partial charge < -0.3 is 10.0 Å². The summed E-state index contributed by atoms with van der Waals surface area (Å²) in [6.45, 7) is 6.45. The number of aryl methyl sites for hydroxylation is 1. The summed E-state index contributed by atoms with van der Waals surface area (Å²) < 4.78 is 2.11. The van der Waals surface area contributed by atoms with Gasteiger partial charge in [-0.2, -0.15) is 0 Å². The number of rotatable bonds is 13. The first-order valence-corrected chi connectivity index (χ1v) is 15.7. The van der Waals surface area contributed by atoms with E-state index in [1.54, 1.807) is 21.6 Å². The molecule has 2 saturated heterocycles. The fourth-order valence-corrected chi connectivity index (χ4v) is 6.61. The summed E-state index contributed by atoms with van der Waals surface area (Å²) in [7, 11) is 0. The summed E-state index contributed by atoms with van der Waals surface area (Å²) >= 11 is 6.83. The molecule has 0 aromatic carbocycles. The van der Waals surface area contributed by atoms with E-state index < -0.39 is 5.97 Å². The van der Waals surface area contributed by atoms with Crippen molar-refractivity contribution in [1.82, 2.24) is 14.3 Å². The molecule has 1 N–H and O–H groups in total. The summed E-state index contributed by atoms with van der Waals surface area (Å²) in [5.41, 5.74) is 1.85. The van der Waals surface area contributed by atoms with E-state index in [0.29, 0.717) is 38.7 Å². The van der Waals surface area contributed by atoms with Gasteiger partial charge in [0.15, 0.2) is 0 Å². The number of pyridine rings is 1. The van der Waals surface area contributed by atoms with Crippen molar-refractivity contribution in [3.05, 3.63) is 44.7 Å². The first kappa shape index (κ1) is 30.2. The molecule has 2 aromatic rings. The van der Waals surface area contributed by atoms with E-state index in [2.05, 4.69) is 11.8 Å². The second kappa shape index (κ2) is 14.3. The second-order valence-electron chi connectivity index (χ2n) is 11.0. The van der Waals surface area contributed by atoms with Crippen LogP contribution in [0, 0.1) is 12.8 Å². The fraction of sp³-hybridized carbons (Fsp3) is 0.567. The molecular weight excluding hydrogens is 544 g/mol. The lowest BCUT2D eigenvalue weighted by Crippen LogP contribution is -2.36. The summed E-state index contributed by atoms with van der Waals surface area (Å²) in [5.74, 6) is 0.432. The highest BCUT2D eigenvalue weighted by atomic mass is 32.2. The first-order valence-electron chi connectivity index (χ1n) is 14.5. The Morgan fingerprint density at radius 1 is 1.10 bits per heavy atom. The summed E-state index contributed by atoms with van der Waals surface area (Å²) in [6.07, 6.45) is 13.7. The number of fused-ring (bicyclic) bond motifs is 1. The van der Waals surface area contributed by atoms with Crippen LogP contribution in [0.4, 0.5) is 5.82 Å². The van der Waals surface area contributed by atoms with Crippen molar-refractivity contribution >= 4 is 57.7 Å². The van der Waals surface area contributed by atoms with Gasteiger partial charge in [-0.25, -0.2) is 4.98 Å². The monoisotopic (exact) mass is 584 g/mol. The Morgan fingerprint density at radius 2 is 1.75 bits per heavy atom. The Kier molecular flexibility index (Phi) is 10.8. The van der Waals surface area contributed by atoms with Gasteiger partial charge in [0.05, 0.1) is 10.5 Å². The van der Waals surface area contributed by atoms with Crippen molar-refractivity contribution in [3.8, 4) is 0 Å². The zero-order valence-electron chi connectivity index (χ0n) is 23.6. The maximum Gasteiger partial charge on any atom is 0.303 e. The molecule has 2 aromatic heterocycles. The normalized spacial score (nSPS) is 17.5. The molecule has 0 unspecified atom stereocenters. The Hall–Kier alpha value is -2.72. The van der Waals surface area contributed by atoms with Crippen molar-refractivity contribution in [2.45, 2.75) is 84.5 Å². The van der Waals surface area contributed by atoms with Crippen LogP contribution < -0.4 is 10.5 Å². The zero-order chi connectivity index (χ0) is 28.6. The minimum absolute atomic E-state index is 0.139. The van der Waals surface area contributed by atoms with Crippen LogP contribution in [0.1, 0.15) is 88.7 Å². The quantitative estimate of drug-likeness (QED) is 0.173. The molecule has 8 nitrogen and oxygen atoms in total. The van der Waals surface area contributed by atoms with Gasteiger partial charge >= 0.3 is 5.97 Å². The minimum Gasteiger partial charge on any atom is -0.481 e. The molecule has 4 heterocycles. The van der Waals surface area contributed by atoms with Crippen LogP contribution in [0.15, 0.2) is 28.0 Å². The second-order valence-corrected chi connectivity index (χ2v) is 12.7. The van der Waals surface area contributed by atoms with Gasteiger partial charge in [0, 0.05) is 32.3 Å². The number of thiocarbonyl (C=S) groups is 1. The van der Waals surface area contributed by atoms with Crippen molar-refractivity contribution in [2.24, 2.45) is 5.92 Å². The molecule has 40 heavy (non-hydrogen) atoms. The minimum atomic E-state index is -0.723. The highest BCUT2D eigenvalue weighted by Gasteiger charge is 2.33. The average Bonchev–Trinajstić information content (AvgIpc) is 3.19. The van der Waals surface area contributed by atoms with Crippen molar-refractivity contribution in [3.63, 3.8) is 0 Å². The molecule has 0 aliphatic carbocycles. The molecule has 0 bridgehead atoms. The number of nitrogens with zero attached hydrogens (tertiary/aromatic N) is 4. The zero-order valence-corrected chi connectivity index (χ0v) is 25.2. The Labute approximate surface area is 245 Å². The van der Waals surface area contributed by atoms with E-state index >= 15 is 0 Å². The van der Waals surface area contributed by atoms with E-state index in [0.717, 1.165) is 82.9 Å². The molecular formula is C30H40N4O4S2. The third-order valence-corrected chi connectivity index (χ3v) is 9.20. The van der Waals surface area contributed by atoms with Gasteiger partial charge in [-0.3, -0.25) is 23.7 Å². The van der Waals surface area contributed by atoms with Crippen molar-refractivity contribution < 1.29 is 14.7 Å². The molecule has 0 saturated carbocycles. The highest BCUT2D eigenvalue weighted by molar-refractivity contribution is 8.26. The summed E-state index contributed by atoms with van der Waals surface area (Å²) in [6, 6.07) is 3.80. The molecule has 2 aliphatic heterocycles. The Balaban J connectivity index is 1.41. The third-order valence-electron chi connectivity index (χ3n) is 7.82. The van der Waals surface area contributed by atoms with Gasteiger partial charge in [0.25, 0.3) is 11.5 Å². The van der Waals surface area contributed by atoms with Crippen LogP contribution >= 0.6 is 24.0 Å². The van der Waals surface area contributed by atoms with Crippen LogP contribution in [0.5, 0.6) is 0 Å². The predicted octanol–water partition coefficient (Wildman–Crippen LogP) is 6.04. The summed E-state index contributed by atoms with van der Waals surface area (Å²) in [4.78, 5) is 46.9. The van der Waals surface area contributed by atoms with E-state index in [4.69, 9.17) is 22.3 Å². The smallest absolute Gasteiger partial charge is 0.303 e. The lowest BCUT2D eigenvalue weighted by Gasteiger charge is -2.32. The van der Waals surface area contributed by atoms with Crippen LogP contribution in [0.3, 0.4) is 0 Å². The maximum atomic E-state index is 13.7. The number of carboxylic acid groups (broad SMARTS) is 1. The van der Waals surface area contributed by atoms with Crippen molar-refractivity contribution in [1.29, 1.82) is 0 Å². The number of thioether (sulfide) groups is 1. The standard InChI is InChI=1S/C30H40N4O4S2/c1-21-14-18-32(19-15-21)27-23(28(37)33-17-11-12-22(2)26(33)31-27)20-24-29(38)34(30(39)40-24)16-10-8-6-4-3-5-7-9-13-25(35)36/h11-12,17,20-21H,3-10,13-16,18-19H2,1-2H3,(H,35,36). The molecule has 2 aliphatic rings. The number of carbonyl (C=O) groups is 2. The molecule has 216 valence electrons. The fourth-order valence-electron chi connectivity index (χ4n) is 5.32. The van der Waals surface area contributed by atoms with Crippen LogP contribution in [-0.2, 0) is 9.59 Å². The Bertz CT molecular complexity index is 1330. The first-order chi connectivity index (χ1) is 19.3. The van der Waals surface area contributed by atoms with Gasteiger partial charge in [-0.05, 0) is 56.2 Å². The average molecular weight is 585 g/mol. The molecule has 4 rings (SSSR count). The van der Waals surface area contributed by atoms with Crippen LogP contribution in [0.2, 0.25) is 0 Å². The topological polar surface area (TPSA) is 95.2 Å². The van der Waals surface area contributed by atoms with Gasteiger partial charge in [0.1, 0.15) is 15.8 Å². The number of aromatic nitrogens is 2. The molecule has 0 atom stereocenters. The highest BCUT2D eigenvalue weighted by Crippen LogP contribution is 2.34. The Morgan fingerprint density at radius 3 is 2.42 bits per heavy atom. The predicted molar refractivity (Wildman–Crippen MR) is 166 cm³/mol. The van der Waals surface area contributed by atoms with Crippen molar-refractivity contribution in [2.75, 3.05) is 24.5 Å². The van der Waals surface area contributed by atoms with E-state index in [1.165, 1.54) is 11.8 Å². The number of amides is 1. The van der Waals surface area contributed by atoms with E-state index in [9.17, 15) is 14.4 Å². The lowest BCUT2D eigenvalue weighted by molar-refractivity contribution is -0.137. The van der Waals surface area contributed by atoms with Crippen LogP contribution in [-0.4, -0.2) is 55.2 Å². The van der Waals surface area contributed by atoms with Gasteiger partial charge in [-0.1, -0.05) is 75.5 Å². The van der Waals surface area contributed by atoms with Crippen LogP contribution in [0.25, 0.3) is 11.7 Å². The van der Waals surface area contributed by atoms with Gasteiger partial charge in [-0.15, -0.1) is 0 Å². The summed E-state index contributed by atoms with van der Waals surface area (Å²) in [5, 5.41) is 8.70. The molecule has 2 fully saturated rings. The maximum absolute atomic E-state index is 13.7. The molecule has 10 heteroatoms. The molecule has 0 spiro atoms. The number of carboxylic acids is 1. The SMILES string of the molecule is Cc1cccn2c(=O)c(C=C3SC(=S)N(CCCCCCCCCCC(=O)O)C3=O)c(N3CCC(C)CC3)nc12. The number of anilines is 1. The molecule has 0 radical (unpaired) electrons. The number of hydrogen-bond acceptors (Lipinski definition) is 7. The van der Waals surface area contributed by atoms with E-state index in [-0.39, 0.29) is 17.9 Å². The largest absolute Gasteiger partial charge is 0.481 e. The molecule has 1 amide bonds. The number of aliphatic carboxylic acids is 1. The number of piperidine rings is 1. The number of hydrogen-bond donors (Lipinski definition) is 1. The third kappa shape index (κ3) is 7.51. The number of unbranched alkanes of at least 4 members (excludes halogenated alkanes) is 7. The lowest BCUT2D eigenvalue weighted by atomic mass is 9.99.